The Labute approximate surface area is 154 Å². The van der Waals surface area contributed by atoms with E-state index < -0.39 is 0 Å². The van der Waals surface area contributed by atoms with Gasteiger partial charge in [-0.25, -0.2) is 0 Å². The van der Waals surface area contributed by atoms with Crippen molar-refractivity contribution in [1.82, 2.24) is 10.2 Å². The predicted molar refractivity (Wildman–Crippen MR) is 102 cm³/mol. The van der Waals surface area contributed by atoms with Crippen LogP contribution in [0.3, 0.4) is 0 Å². The molecule has 2 aromatic carbocycles. The molecule has 1 N–H and O–H groups in total. The number of hydrogen-bond donors (Lipinski definition) is 1. The predicted octanol–water partition coefficient (Wildman–Crippen LogP) is 3.84. The molecule has 0 fully saturated rings. The van der Waals surface area contributed by atoms with Gasteiger partial charge in [-0.1, -0.05) is 41.9 Å². The Balaban J connectivity index is 1.98. The van der Waals surface area contributed by atoms with Crippen molar-refractivity contribution in [2.75, 3.05) is 27.2 Å². The van der Waals surface area contributed by atoms with Crippen LogP contribution in [0, 0.1) is 6.92 Å². The fourth-order valence-electron chi connectivity index (χ4n) is 2.50. The van der Waals surface area contributed by atoms with E-state index in [1.54, 1.807) is 0 Å². The Morgan fingerprint density at radius 2 is 1.84 bits per heavy atom. The molecule has 1 atom stereocenters. The molecule has 4 nitrogen and oxygen atoms in total. The number of nitrogens with zero attached hydrogens (tertiary/aromatic N) is 1. The van der Waals surface area contributed by atoms with Crippen LogP contribution in [0.4, 0.5) is 0 Å². The standard InChI is InChI=1S/C20H25ClN2O2/c1-15-6-4-5-7-19(15)25-14-20(24)22-18(12-13-23(2)3)16-8-10-17(21)11-9-16/h4-11,18H,12-14H2,1-3H3,(H,22,24). The lowest BCUT2D eigenvalue weighted by molar-refractivity contribution is -0.123. The fourth-order valence-corrected chi connectivity index (χ4v) is 2.63. The van der Waals surface area contributed by atoms with E-state index in [2.05, 4.69) is 10.2 Å². The zero-order valence-corrected chi connectivity index (χ0v) is 15.7. The first-order chi connectivity index (χ1) is 12.0. The number of aryl methyl sites for hydroxylation is 1. The van der Waals surface area contributed by atoms with E-state index in [-0.39, 0.29) is 18.6 Å². The van der Waals surface area contributed by atoms with Gasteiger partial charge in [0.05, 0.1) is 6.04 Å². The normalized spacial score (nSPS) is 12.0. The summed E-state index contributed by atoms with van der Waals surface area (Å²) in [7, 11) is 4.03. The van der Waals surface area contributed by atoms with Crippen LogP contribution in [0.5, 0.6) is 5.75 Å². The molecule has 0 aromatic heterocycles. The van der Waals surface area contributed by atoms with Crippen molar-refractivity contribution in [3.8, 4) is 5.75 Å². The molecule has 0 saturated carbocycles. The smallest absolute Gasteiger partial charge is 0.258 e. The molecular formula is C20H25ClN2O2. The molecule has 0 aliphatic heterocycles. The first-order valence-electron chi connectivity index (χ1n) is 8.33. The van der Waals surface area contributed by atoms with E-state index in [0.29, 0.717) is 5.02 Å². The molecule has 0 spiro atoms. The Kier molecular flexibility index (Phi) is 7.29. The van der Waals surface area contributed by atoms with Crippen molar-refractivity contribution in [2.24, 2.45) is 0 Å². The lowest BCUT2D eigenvalue weighted by atomic mass is 10.0. The third-order valence-electron chi connectivity index (χ3n) is 3.92. The highest BCUT2D eigenvalue weighted by atomic mass is 35.5. The number of halogens is 1. The van der Waals surface area contributed by atoms with Gasteiger partial charge in [0.15, 0.2) is 6.61 Å². The van der Waals surface area contributed by atoms with E-state index in [1.807, 2.05) is 69.6 Å². The third kappa shape index (κ3) is 6.40. The molecule has 1 unspecified atom stereocenters. The van der Waals surface area contributed by atoms with Crippen LogP contribution >= 0.6 is 11.6 Å². The number of amides is 1. The highest BCUT2D eigenvalue weighted by Crippen LogP contribution is 2.20. The lowest BCUT2D eigenvalue weighted by Gasteiger charge is -2.21. The topological polar surface area (TPSA) is 41.6 Å². The summed E-state index contributed by atoms with van der Waals surface area (Å²) in [5, 5.41) is 3.75. The number of hydrogen-bond acceptors (Lipinski definition) is 3. The van der Waals surface area contributed by atoms with Crippen LogP contribution < -0.4 is 10.1 Å². The number of para-hydroxylation sites is 1. The zero-order valence-electron chi connectivity index (χ0n) is 15.0. The average Bonchev–Trinajstić information content (AvgIpc) is 2.58. The Morgan fingerprint density at radius 1 is 1.16 bits per heavy atom. The summed E-state index contributed by atoms with van der Waals surface area (Å²) in [4.78, 5) is 14.4. The van der Waals surface area contributed by atoms with Crippen molar-refractivity contribution in [2.45, 2.75) is 19.4 Å². The monoisotopic (exact) mass is 360 g/mol. The maximum Gasteiger partial charge on any atom is 0.258 e. The number of nitrogens with one attached hydrogen (secondary N) is 1. The quantitative estimate of drug-likeness (QED) is 0.777. The second-order valence-corrected chi connectivity index (χ2v) is 6.75. The SMILES string of the molecule is Cc1ccccc1OCC(=O)NC(CCN(C)C)c1ccc(Cl)cc1. The molecule has 2 aromatic rings. The number of ether oxygens (including phenoxy) is 1. The van der Waals surface area contributed by atoms with E-state index in [4.69, 9.17) is 16.3 Å². The molecule has 1 amide bonds. The van der Waals surface area contributed by atoms with Crippen LogP contribution in [0.15, 0.2) is 48.5 Å². The molecule has 0 radical (unpaired) electrons. The van der Waals surface area contributed by atoms with Gasteiger partial charge >= 0.3 is 0 Å². The van der Waals surface area contributed by atoms with Crippen molar-refractivity contribution < 1.29 is 9.53 Å². The number of carbonyl (C=O) groups is 1. The highest BCUT2D eigenvalue weighted by Gasteiger charge is 2.15. The summed E-state index contributed by atoms with van der Waals surface area (Å²) in [5.74, 6) is 0.593. The van der Waals surface area contributed by atoms with Gasteiger partial charge in [-0.3, -0.25) is 4.79 Å². The maximum absolute atomic E-state index is 12.3. The highest BCUT2D eigenvalue weighted by molar-refractivity contribution is 6.30. The molecule has 5 heteroatoms. The second kappa shape index (κ2) is 9.44. The summed E-state index contributed by atoms with van der Waals surface area (Å²) in [6.07, 6.45) is 0.810. The summed E-state index contributed by atoms with van der Waals surface area (Å²) in [5.41, 5.74) is 2.05. The summed E-state index contributed by atoms with van der Waals surface area (Å²) >= 11 is 5.97. The van der Waals surface area contributed by atoms with E-state index in [0.717, 1.165) is 29.8 Å². The molecule has 0 bridgehead atoms. The van der Waals surface area contributed by atoms with Gasteiger partial charge in [0.2, 0.25) is 0 Å². The van der Waals surface area contributed by atoms with E-state index in [1.165, 1.54) is 0 Å². The summed E-state index contributed by atoms with van der Waals surface area (Å²) in [6.45, 7) is 2.82. The van der Waals surface area contributed by atoms with Crippen molar-refractivity contribution in [3.63, 3.8) is 0 Å². The Morgan fingerprint density at radius 3 is 2.48 bits per heavy atom. The number of benzene rings is 2. The number of carbonyl (C=O) groups excluding carboxylic acids is 1. The first-order valence-corrected chi connectivity index (χ1v) is 8.71. The third-order valence-corrected chi connectivity index (χ3v) is 4.18. The lowest BCUT2D eigenvalue weighted by Crippen LogP contribution is -2.34. The molecule has 0 saturated heterocycles. The largest absolute Gasteiger partial charge is 0.484 e. The summed E-state index contributed by atoms with van der Waals surface area (Å²) in [6, 6.07) is 15.2. The molecule has 0 aliphatic carbocycles. The minimum absolute atomic E-state index is 0.00307. The number of rotatable bonds is 8. The van der Waals surface area contributed by atoms with Crippen LogP contribution in [0.2, 0.25) is 5.02 Å². The van der Waals surface area contributed by atoms with Gasteiger partial charge in [0.25, 0.3) is 5.91 Å². The van der Waals surface area contributed by atoms with Gasteiger partial charge in [-0.15, -0.1) is 0 Å². The molecule has 2 rings (SSSR count). The Bertz CT molecular complexity index is 686. The van der Waals surface area contributed by atoms with E-state index in [9.17, 15) is 4.79 Å². The minimum Gasteiger partial charge on any atom is -0.484 e. The second-order valence-electron chi connectivity index (χ2n) is 6.32. The zero-order chi connectivity index (χ0) is 18.2. The van der Waals surface area contributed by atoms with Crippen LogP contribution in [0.25, 0.3) is 0 Å². The van der Waals surface area contributed by atoms with Crippen LogP contribution in [-0.4, -0.2) is 38.1 Å². The van der Waals surface area contributed by atoms with Crippen LogP contribution in [0.1, 0.15) is 23.6 Å². The Hall–Kier alpha value is -2.04. The molecule has 0 aliphatic rings. The van der Waals surface area contributed by atoms with Gasteiger partial charge in [0, 0.05) is 5.02 Å². The van der Waals surface area contributed by atoms with Crippen molar-refractivity contribution in [1.29, 1.82) is 0 Å². The fraction of sp³-hybridized carbons (Fsp3) is 0.350. The van der Waals surface area contributed by atoms with Gasteiger partial charge in [0.1, 0.15) is 5.75 Å². The van der Waals surface area contributed by atoms with Gasteiger partial charge in [-0.05, 0) is 63.3 Å². The van der Waals surface area contributed by atoms with Gasteiger partial charge < -0.3 is 15.0 Å². The molecule has 134 valence electrons. The summed E-state index contributed by atoms with van der Waals surface area (Å²) < 4.78 is 5.64. The molecule has 25 heavy (non-hydrogen) atoms. The average molecular weight is 361 g/mol. The van der Waals surface area contributed by atoms with Crippen molar-refractivity contribution in [3.05, 3.63) is 64.7 Å². The minimum atomic E-state index is -0.137. The van der Waals surface area contributed by atoms with Crippen molar-refractivity contribution >= 4 is 17.5 Å². The van der Waals surface area contributed by atoms with Gasteiger partial charge in [-0.2, -0.15) is 0 Å². The first kappa shape index (κ1) is 19.3. The van der Waals surface area contributed by atoms with Crippen LogP contribution in [-0.2, 0) is 4.79 Å². The molecule has 0 heterocycles. The molecular weight excluding hydrogens is 336 g/mol. The maximum atomic E-state index is 12.3. The van der Waals surface area contributed by atoms with E-state index >= 15 is 0 Å².